The summed E-state index contributed by atoms with van der Waals surface area (Å²) in [5.74, 6) is 0.121. The lowest BCUT2D eigenvalue weighted by Crippen LogP contribution is -2.17. The standard InChI is InChI=1S/C16H21N3O/c1-12(2)19-9-8-14(18-19)10-15(20)11-16(17)13-6-4-3-5-7-13/h3-9,12,16H,10-11,17H2,1-2H3. The molecule has 0 spiro atoms. The van der Waals surface area contributed by atoms with Gasteiger partial charge in [0.1, 0.15) is 5.78 Å². The van der Waals surface area contributed by atoms with Crippen molar-refractivity contribution in [3.63, 3.8) is 0 Å². The Morgan fingerprint density at radius 1 is 1.25 bits per heavy atom. The Bertz CT molecular complexity index is 560. The van der Waals surface area contributed by atoms with E-state index in [2.05, 4.69) is 18.9 Å². The number of nitrogens with two attached hydrogens (primary N) is 1. The SMILES string of the molecule is CC(C)n1ccc(CC(=O)CC(N)c2ccccc2)n1. The molecule has 0 fully saturated rings. The number of hydrogen-bond acceptors (Lipinski definition) is 3. The van der Waals surface area contributed by atoms with Gasteiger partial charge in [0.25, 0.3) is 0 Å². The molecule has 0 saturated heterocycles. The fourth-order valence-corrected chi connectivity index (χ4v) is 2.10. The number of benzene rings is 1. The Morgan fingerprint density at radius 3 is 2.55 bits per heavy atom. The molecule has 0 radical (unpaired) electrons. The van der Waals surface area contributed by atoms with Crippen molar-refractivity contribution < 1.29 is 4.79 Å². The van der Waals surface area contributed by atoms with Gasteiger partial charge in [-0.2, -0.15) is 5.10 Å². The van der Waals surface area contributed by atoms with E-state index >= 15 is 0 Å². The lowest BCUT2D eigenvalue weighted by molar-refractivity contribution is -0.118. The Labute approximate surface area is 119 Å². The molecule has 4 heteroatoms. The first-order valence-corrected chi connectivity index (χ1v) is 6.92. The van der Waals surface area contributed by atoms with E-state index in [1.165, 1.54) is 0 Å². The first-order chi connectivity index (χ1) is 9.56. The van der Waals surface area contributed by atoms with Gasteiger partial charge in [-0.15, -0.1) is 0 Å². The molecule has 2 rings (SSSR count). The molecule has 4 nitrogen and oxygen atoms in total. The molecule has 0 amide bonds. The van der Waals surface area contributed by atoms with Gasteiger partial charge in [0, 0.05) is 24.7 Å². The second-order valence-corrected chi connectivity index (χ2v) is 5.32. The van der Waals surface area contributed by atoms with Gasteiger partial charge in [-0.1, -0.05) is 30.3 Å². The Morgan fingerprint density at radius 2 is 1.95 bits per heavy atom. The summed E-state index contributed by atoms with van der Waals surface area (Å²) in [7, 11) is 0. The number of carbonyl (C=O) groups excluding carboxylic acids is 1. The van der Waals surface area contributed by atoms with Crippen molar-refractivity contribution in [2.24, 2.45) is 5.73 Å². The van der Waals surface area contributed by atoms with Gasteiger partial charge in [0.15, 0.2) is 0 Å². The monoisotopic (exact) mass is 271 g/mol. The van der Waals surface area contributed by atoms with Crippen LogP contribution < -0.4 is 5.73 Å². The summed E-state index contributed by atoms with van der Waals surface area (Å²) in [6, 6.07) is 11.7. The normalized spacial score (nSPS) is 12.6. The second-order valence-electron chi connectivity index (χ2n) is 5.32. The maximum absolute atomic E-state index is 12.0. The first-order valence-electron chi connectivity index (χ1n) is 6.92. The zero-order valence-corrected chi connectivity index (χ0v) is 12.0. The average Bonchev–Trinajstić information content (AvgIpc) is 2.88. The Balaban J connectivity index is 1.92. The minimum atomic E-state index is -0.240. The summed E-state index contributed by atoms with van der Waals surface area (Å²) >= 11 is 0. The first kappa shape index (κ1) is 14.5. The zero-order chi connectivity index (χ0) is 14.5. The summed E-state index contributed by atoms with van der Waals surface area (Å²) in [6.45, 7) is 4.12. The van der Waals surface area contributed by atoms with Gasteiger partial charge >= 0.3 is 0 Å². The maximum atomic E-state index is 12.0. The van der Waals surface area contributed by atoms with Crippen LogP contribution in [0.1, 0.15) is 43.6 Å². The van der Waals surface area contributed by atoms with Gasteiger partial charge < -0.3 is 5.73 Å². The van der Waals surface area contributed by atoms with Crippen molar-refractivity contribution in [1.29, 1.82) is 0 Å². The third kappa shape index (κ3) is 3.78. The van der Waals surface area contributed by atoms with Crippen molar-refractivity contribution >= 4 is 5.78 Å². The van der Waals surface area contributed by atoms with Crippen LogP contribution in [-0.2, 0) is 11.2 Å². The summed E-state index contributed by atoms with van der Waals surface area (Å²) in [5.41, 5.74) is 7.86. The van der Waals surface area contributed by atoms with E-state index in [4.69, 9.17) is 5.73 Å². The highest BCUT2D eigenvalue weighted by Gasteiger charge is 2.13. The third-order valence-corrected chi connectivity index (χ3v) is 3.25. The molecule has 1 aromatic carbocycles. The molecule has 1 heterocycles. The number of ketones is 1. The molecular formula is C16H21N3O. The predicted molar refractivity (Wildman–Crippen MR) is 79.3 cm³/mol. The van der Waals surface area contributed by atoms with E-state index in [9.17, 15) is 4.79 Å². The van der Waals surface area contributed by atoms with Gasteiger partial charge in [-0.05, 0) is 25.5 Å². The van der Waals surface area contributed by atoms with Crippen molar-refractivity contribution in [2.75, 3.05) is 0 Å². The van der Waals surface area contributed by atoms with Crippen LogP contribution >= 0.6 is 0 Å². The summed E-state index contributed by atoms with van der Waals surface area (Å²) in [6.07, 6.45) is 2.60. The van der Waals surface area contributed by atoms with Crippen LogP contribution in [-0.4, -0.2) is 15.6 Å². The predicted octanol–water partition coefficient (Wildman–Crippen LogP) is 2.67. The largest absolute Gasteiger partial charge is 0.324 e. The fourth-order valence-electron chi connectivity index (χ4n) is 2.10. The van der Waals surface area contributed by atoms with Crippen molar-refractivity contribution in [3.05, 3.63) is 53.9 Å². The van der Waals surface area contributed by atoms with E-state index in [1.807, 2.05) is 47.3 Å². The molecule has 1 aromatic heterocycles. The zero-order valence-electron chi connectivity index (χ0n) is 12.0. The van der Waals surface area contributed by atoms with Crippen molar-refractivity contribution in [3.8, 4) is 0 Å². The topological polar surface area (TPSA) is 60.9 Å². The number of rotatable bonds is 6. The summed E-state index contributed by atoms with van der Waals surface area (Å²) in [5, 5.41) is 4.38. The molecular weight excluding hydrogens is 250 g/mol. The number of carbonyl (C=O) groups is 1. The van der Waals surface area contributed by atoms with Crippen LogP contribution in [0, 0.1) is 0 Å². The highest BCUT2D eigenvalue weighted by Crippen LogP contribution is 2.15. The van der Waals surface area contributed by atoms with Gasteiger partial charge in [-0.25, -0.2) is 0 Å². The summed E-state index contributed by atoms with van der Waals surface area (Å²) < 4.78 is 1.86. The highest BCUT2D eigenvalue weighted by atomic mass is 16.1. The Kier molecular flexibility index (Phi) is 4.69. The molecule has 1 atom stereocenters. The molecule has 0 aliphatic heterocycles. The van der Waals surface area contributed by atoms with E-state index < -0.39 is 0 Å². The molecule has 106 valence electrons. The number of hydrogen-bond donors (Lipinski definition) is 1. The maximum Gasteiger partial charge on any atom is 0.140 e. The molecule has 0 aliphatic carbocycles. The van der Waals surface area contributed by atoms with Crippen LogP contribution in [0.15, 0.2) is 42.6 Å². The van der Waals surface area contributed by atoms with Crippen molar-refractivity contribution in [2.45, 2.75) is 38.8 Å². The number of Topliss-reactive ketones (excluding diaryl/α,β-unsaturated/α-hetero) is 1. The lowest BCUT2D eigenvalue weighted by atomic mass is 10.0. The third-order valence-electron chi connectivity index (χ3n) is 3.25. The smallest absolute Gasteiger partial charge is 0.140 e. The fraction of sp³-hybridized carbons (Fsp3) is 0.375. The van der Waals surface area contributed by atoms with Crippen LogP contribution in [0.3, 0.4) is 0 Å². The van der Waals surface area contributed by atoms with E-state index in [1.54, 1.807) is 0 Å². The molecule has 1 unspecified atom stereocenters. The molecule has 0 aliphatic rings. The van der Waals surface area contributed by atoms with E-state index in [-0.39, 0.29) is 11.8 Å². The average molecular weight is 271 g/mol. The van der Waals surface area contributed by atoms with Crippen LogP contribution in [0.25, 0.3) is 0 Å². The van der Waals surface area contributed by atoms with E-state index in [0.29, 0.717) is 18.9 Å². The van der Waals surface area contributed by atoms with Crippen LogP contribution in [0.4, 0.5) is 0 Å². The summed E-state index contributed by atoms with van der Waals surface area (Å²) in [4.78, 5) is 12.0. The highest BCUT2D eigenvalue weighted by molar-refractivity contribution is 5.81. The van der Waals surface area contributed by atoms with E-state index in [0.717, 1.165) is 11.3 Å². The molecule has 20 heavy (non-hydrogen) atoms. The van der Waals surface area contributed by atoms with Gasteiger partial charge in [0.05, 0.1) is 12.1 Å². The number of nitrogens with zero attached hydrogens (tertiary/aromatic N) is 2. The van der Waals surface area contributed by atoms with Crippen LogP contribution in [0.5, 0.6) is 0 Å². The van der Waals surface area contributed by atoms with Gasteiger partial charge in [0.2, 0.25) is 0 Å². The van der Waals surface area contributed by atoms with Crippen molar-refractivity contribution in [1.82, 2.24) is 9.78 Å². The van der Waals surface area contributed by atoms with Crippen LogP contribution in [0.2, 0.25) is 0 Å². The molecule has 2 N–H and O–H groups in total. The molecule has 0 saturated carbocycles. The molecule has 0 bridgehead atoms. The lowest BCUT2D eigenvalue weighted by Gasteiger charge is -2.10. The quantitative estimate of drug-likeness (QED) is 0.878. The second kappa shape index (κ2) is 6.48. The minimum absolute atomic E-state index is 0.121. The van der Waals surface area contributed by atoms with Gasteiger partial charge in [-0.3, -0.25) is 9.48 Å². The number of aromatic nitrogens is 2. The minimum Gasteiger partial charge on any atom is -0.324 e. The Hall–Kier alpha value is -1.94. The molecule has 2 aromatic rings.